The molecule has 0 aliphatic rings. The lowest BCUT2D eigenvalue weighted by molar-refractivity contribution is 0.0704. The Morgan fingerprint density at radius 3 is 2.56 bits per heavy atom. The molecular weight excluding hydrogens is 439 g/mol. The van der Waals surface area contributed by atoms with Gasteiger partial charge in [-0.1, -0.05) is 24.3 Å². The number of ether oxygens (including phenoxy) is 2. The summed E-state index contributed by atoms with van der Waals surface area (Å²) in [5.74, 6) is -1.92. The lowest BCUT2D eigenvalue weighted by Gasteiger charge is -2.12. The van der Waals surface area contributed by atoms with Crippen LogP contribution in [0.4, 0.5) is 4.39 Å². The van der Waals surface area contributed by atoms with E-state index in [1.807, 2.05) is 24.3 Å². The molecule has 4 aromatic rings. The number of thiophene rings is 1. The van der Waals surface area contributed by atoms with Gasteiger partial charge in [0.15, 0.2) is 0 Å². The van der Waals surface area contributed by atoms with Gasteiger partial charge in [-0.25, -0.2) is 18.5 Å². The van der Waals surface area contributed by atoms with E-state index in [9.17, 15) is 23.9 Å². The van der Waals surface area contributed by atoms with Gasteiger partial charge < -0.3 is 19.6 Å². The smallest absolute Gasteiger partial charge is 0.346 e. The third-order valence-electron chi connectivity index (χ3n) is 4.82. The molecule has 0 saturated heterocycles. The summed E-state index contributed by atoms with van der Waals surface area (Å²) < 4.78 is 26.1. The number of H-pyrrole nitrogens is 1. The third kappa shape index (κ3) is 3.93. The molecule has 2 aromatic carbocycles. The molecule has 10 heteroatoms. The van der Waals surface area contributed by atoms with Crippen molar-refractivity contribution in [2.75, 3.05) is 7.11 Å². The van der Waals surface area contributed by atoms with Gasteiger partial charge in [-0.05, 0) is 23.3 Å². The molecule has 0 amide bonds. The highest BCUT2D eigenvalue weighted by Crippen LogP contribution is 2.23. The van der Waals surface area contributed by atoms with Gasteiger partial charge in [0.2, 0.25) is 0 Å². The number of fused-ring (bicyclic) bond motifs is 1. The maximum atomic E-state index is 14.6. The molecular formula is C22H17FN2O6S. The van der Waals surface area contributed by atoms with Gasteiger partial charge in [-0.3, -0.25) is 4.79 Å². The second-order valence-corrected chi connectivity index (χ2v) is 7.71. The SMILES string of the molecule is COCc1ccccc1COc1ccc(F)c(-n2c(=O)[nH]c3csc(C(=O)O)c3c2=O)c1. The average molecular weight is 456 g/mol. The van der Waals surface area contributed by atoms with Gasteiger partial charge in [0.25, 0.3) is 5.56 Å². The largest absolute Gasteiger partial charge is 0.489 e. The summed E-state index contributed by atoms with van der Waals surface area (Å²) >= 11 is 0.804. The Hall–Kier alpha value is -3.76. The Labute approximate surface area is 184 Å². The third-order valence-corrected chi connectivity index (χ3v) is 5.79. The van der Waals surface area contributed by atoms with E-state index in [1.54, 1.807) is 7.11 Å². The molecule has 0 bridgehead atoms. The molecule has 4 rings (SSSR count). The van der Waals surface area contributed by atoms with Crippen LogP contribution in [0.5, 0.6) is 5.75 Å². The van der Waals surface area contributed by atoms with E-state index in [2.05, 4.69) is 4.98 Å². The number of aromatic amines is 1. The molecule has 0 saturated carbocycles. The molecule has 2 N–H and O–H groups in total. The van der Waals surface area contributed by atoms with Gasteiger partial charge in [-0.15, -0.1) is 11.3 Å². The monoisotopic (exact) mass is 456 g/mol. The van der Waals surface area contributed by atoms with Crippen LogP contribution in [-0.4, -0.2) is 27.7 Å². The van der Waals surface area contributed by atoms with Crippen LogP contribution in [0.15, 0.2) is 57.4 Å². The van der Waals surface area contributed by atoms with E-state index in [-0.39, 0.29) is 33.8 Å². The van der Waals surface area contributed by atoms with E-state index in [0.717, 1.165) is 28.5 Å². The zero-order valence-electron chi connectivity index (χ0n) is 16.8. The number of aromatic carboxylic acids is 1. The summed E-state index contributed by atoms with van der Waals surface area (Å²) in [6.07, 6.45) is 0. The summed E-state index contributed by atoms with van der Waals surface area (Å²) in [5, 5.41) is 10.5. The van der Waals surface area contributed by atoms with Crippen molar-refractivity contribution in [3.05, 3.63) is 90.5 Å². The molecule has 0 atom stereocenters. The van der Waals surface area contributed by atoms with E-state index in [1.165, 1.54) is 17.5 Å². The molecule has 0 aliphatic heterocycles. The molecule has 0 aliphatic carbocycles. The molecule has 32 heavy (non-hydrogen) atoms. The number of nitrogens with zero attached hydrogens (tertiary/aromatic N) is 1. The van der Waals surface area contributed by atoms with E-state index in [0.29, 0.717) is 11.2 Å². The predicted octanol–water partition coefficient (Wildman–Crippen LogP) is 3.30. The minimum absolute atomic E-state index is 0.0845. The van der Waals surface area contributed by atoms with Crippen LogP contribution >= 0.6 is 11.3 Å². The van der Waals surface area contributed by atoms with Crippen LogP contribution in [0.2, 0.25) is 0 Å². The summed E-state index contributed by atoms with van der Waals surface area (Å²) in [6.45, 7) is 0.550. The van der Waals surface area contributed by atoms with Crippen LogP contribution < -0.4 is 16.0 Å². The van der Waals surface area contributed by atoms with Gasteiger partial charge in [0, 0.05) is 18.6 Å². The Balaban J connectivity index is 1.75. The number of carboxylic acid groups (broad SMARTS) is 1. The summed E-state index contributed by atoms with van der Waals surface area (Å²) in [6, 6.07) is 11.2. The lowest BCUT2D eigenvalue weighted by Crippen LogP contribution is -2.34. The zero-order valence-corrected chi connectivity index (χ0v) is 17.6. The summed E-state index contributed by atoms with van der Waals surface area (Å²) in [5.41, 5.74) is -0.290. The summed E-state index contributed by atoms with van der Waals surface area (Å²) in [4.78, 5) is 39.1. The lowest BCUT2D eigenvalue weighted by atomic mass is 10.1. The number of hydrogen-bond acceptors (Lipinski definition) is 6. The standard InChI is InChI=1S/C22H17FN2O6S/c1-30-9-12-4-2-3-5-13(12)10-31-14-6-7-15(23)17(8-14)25-20(26)18-16(24-22(25)29)11-32-19(18)21(27)28/h2-8,11H,9-10H2,1H3,(H,24,29)(H,27,28). The number of methoxy groups -OCH3 is 1. The predicted molar refractivity (Wildman–Crippen MR) is 116 cm³/mol. The average Bonchev–Trinajstić information content (AvgIpc) is 3.19. The van der Waals surface area contributed by atoms with Crippen molar-refractivity contribution in [1.82, 2.24) is 9.55 Å². The first kappa shape index (κ1) is 21.5. The number of nitrogens with one attached hydrogen (secondary N) is 1. The number of benzene rings is 2. The number of aromatic nitrogens is 2. The molecule has 2 aromatic heterocycles. The van der Waals surface area contributed by atoms with E-state index >= 15 is 0 Å². The van der Waals surface area contributed by atoms with Crippen LogP contribution in [0.3, 0.4) is 0 Å². The van der Waals surface area contributed by atoms with Gasteiger partial charge >= 0.3 is 11.7 Å². The Bertz CT molecular complexity index is 1440. The van der Waals surface area contributed by atoms with E-state index < -0.39 is 23.0 Å². The maximum Gasteiger partial charge on any atom is 0.346 e. The Morgan fingerprint density at radius 1 is 1.16 bits per heavy atom. The number of carboxylic acids is 1. The van der Waals surface area contributed by atoms with Crippen molar-refractivity contribution in [2.45, 2.75) is 13.2 Å². The second-order valence-electron chi connectivity index (χ2n) is 6.83. The number of halogens is 1. The van der Waals surface area contributed by atoms with E-state index in [4.69, 9.17) is 9.47 Å². The van der Waals surface area contributed by atoms with Gasteiger partial charge in [-0.2, -0.15) is 0 Å². The molecule has 0 radical (unpaired) electrons. The fourth-order valence-corrected chi connectivity index (χ4v) is 4.15. The fraction of sp³-hybridized carbons (Fsp3) is 0.136. The normalized spacial score (nSPS) is 11.1. The van der Waals surface area contributed by atoms with Crippen molar-refractivity contribution >= 4 is 28.2 Å². The van der Waals surface area contributed by atoms with Gasteiger partial charge in [0.05, 0.1) is 23.2 Å². The molecule has 164 valence electrons. The van der Waals surface area contributed by atoms with Crippen LogP contribution in [-0.2, 0) is 18.0 Å². The van der Waals surface area contributed by atoms with Crippen LogP contribution in [0, 0.1) is 5.82 Å². The Kier molecular flexibility index (Phi) is 5.89. The maximum absolute atomic E-state index is 14.6. The number of carbonyl (C=O) groups is 1. The molecule has 0 unspecified atom stereocenters. The van der Waals surface area contributed by atoms with Crippen LogP contribution in [0.25, 0.3) is 16.6 Å². The summed E-state index contributed by atoms with van der Waals surface area (Å²) in [7, 11) is 1.58. The minimum atomic E-state index is -1.31. The minimum Gasteiger partial charge on any atom is -0.489 e. The highest BCUT2D eigenvalue weighted by molar-refractivity contribution is 7.13. The zero-order chi connectivity index (χ0) is 22.8. The number of rotatable bonds is 7. The highest BCUT2D eigenvalue weighted by atomic mass is 32.1. The van der Waals surface area contributed by atoms with Crippen LogP contribution in [0.1, 0.15) is 20.8 Å². The molecule has 8 nitrogen and oxygen atoms in total. The first-order chi connectivity index (χ1) is 15.4. The first-order valence-electron chi connectivity index (χ1n) is 9.39. The number of hydrogen-bond donors (Lipinski definition) is 2. The Morgan fingerprint density at radius 2 is 1.88 bits per heavy atom. The highest BCUT2D eigenvalue weighted by Gasteiger charge is 2.20. The molecule has 0 spiro atoms. The van der Waals surface area contributed by atoms with Crippen molar-refractivity contribution in [2.24, 2.45) is 0 Å². The van der Waals surface area contributed by atoms with Crippen molar-refractivity contribution in [1.29, 1.82) is 0 Å². The molecule has 0 fully saturated rings. The van der Waals surface area contributed by atoms with Crippen molar-refractivity contribution in [3.8, 4) is 11.4 Å². The first-order valence-corrected chi connectivity index (χ1v) is 10.3. The quantitative estimate of drug-likeness (QED) is 0.442. The van der Waals surface area contributed by atoms with Crippen molar-refractivity contribution < 1.29 is 23.8 Å². The topological polar surface area (TPSA) is 111 Å². The van der Waals surface area contributed by atoms with Gasteiger partial charge in [0.1, 0.15) is 23.1 Å². The molecule has 2 heterocycles. The second kappa shape index (κ2) is 8.77. The fourth-order valence-electron chi connectivity index (χ4n) is 3.32. The van der Waals surface area contributed by atoms with Crippen molar-refractivity contribution in [3.63, 3.8) is 0 Å².